The number of nitrogens with zero attached hydrogens (tertiary/aromatic N) is 1. The number of methoxy groups -OCH3 is 2. The summed E-state index contributed by atoms with van der Waals surface area (Å²) in [5.74, 6) is 2.65. The Morgan fingerprint density at radius 2 is 0.846 bits per heavy atom. The lowest BCUT2D eigenvalue weighted by Crippen LogP contribution is -2.11. The Morgan fingerprint density at radius 3 is 1.21 bits per heavy atom. The number of anilines is 3. The van der Waals surface area contributed by atoms with Crippen LogP contribution in [-0.4, -0.2) is 14.2 Å². The molecule has 0 radical (unpaired) electrons. The van der Waals surface area contributed by atoms with E-state index >= 15 is 0 Å². The first-order valence-electron chi connectivity index (χ1n) is 13.1. The molecule has 4 heteroatoms. The monoisotopic (exact) mass is 532 g/mol. The highest BCUT2D eigenvalue weighted by atomic mass is 32.2. The summed E-state index contributed by atoms with van der Waals surface area (Å²) >= 11 is 0. The normalized spacial score (nSPS) is 10.9. The summed E-state index contributed by atoms with van der Waals surface area (Å²) in [7, 11) is 3.27. The van der Waals surface area contributed by atoms with Crippen LogP contribution in [0.2, 0.25) is 0 Å². The Labute approximate surface area is 235 Å². The molecule has 0 fully saturated rings. The van der Waals surface area contributed by atoms with Crippen molar-refractivity contribution in [2.24, 2.45) is 0 Å². The molecule has 0 spiro atoms. The molecule has 5 aromatic rings. The van der Waals surface area contributed by atoms with E-state index in [9.17, 15) is 0 Å². The smallest absolute Gasteiger partial charge is 0.161 e. The van der Waals surface area contributed by atoms with Crippen LogP contribution in [0.1, 0.15) is 16.7 Å². The Hall–Kier alpha value is -4.15. The van der Waals surface area contributed by atoms with Crippen LogP contribution in [0.15, 0.2) is 131 Å². The van der Waals surface area contributed by atoms with Gasteiger partial charge in [-0.2, -0.15) is 0 Å². The molecule has 0 saturated heterocycles. The van der Waals surface area contributed by atoms with E-state index in [1.807, 2.05) is 24.3 Å². The van der Waals surface area contributed by atoms with Crippen LogP contribution in [0.5, 0.6) is 11.5 Å². The standard InChI is InChI=1S/C35H34NO2S/c1-26-5-11-29(12-6-26)36(30-13-7-27(2)8-14-30)31-15-9-28(10-16-31)25-39(34-21-17-32(37-3)18-22-34)35-23-19-33(38-4)20-24-35/h5-24H,25H2,1-4H3/q+1. The van der Waals surface area contributed by atoms with Crippen LogP contribution in [0.25, 0.3) is 0 Å². The van der Waals surface area contributed by atoms with Crippen molar-refractivity contribution in [2.45, 2.75) is 29.4 Å². The molecule has 0 N–H and O–H groups in total. The van der Waals surface area contributed by atoms with Crippen LogP contribution >= 0.6 is 0 Å². The third kappa shape index (κ3) is 6.30. The largest absolute Gasteiger partial charge is 0.497 e. The molecule has 0 atom stereocenters. The maximum atomic E-state index is 5.41. The van der Waals surface area contributed by atoms with Crippen LogP contribution in [0, 0.1) is 13.8 Å². The van der Waals surface area contributed by atoms with E-state index in [0.29, 0.717) is 0 Å². The minimum atomic E-state index is -0.142. The van der Waals surface area contributed by atoms with Crippen molar-refractivity contribution in [3.8, 4) is 11.5 Å². The SMILES string of the molecule is COc1ccc([S+](Cc2ccc(N(c3ccc(C)cc3)c3ccc(C)cc3)cc2)c2ccc(OC)cc2)cc1. The van der Waals surface area contributed by atoms with Crippen molar-refractivity contribution in [3.63, 3.8) is 0 Å². The van der Waals surface area contributed by atoms with Crippen molar-refractivity contribution in [2.75, 3.05) is 19.1 Å². The minimum absolute atomic E-state index is 0.142. The minimum Gasteiger partial charge on any atom is -0.497 e. The third-order valence-corrected chi connectivity index (χ3v) is 9.08. The lowest BCUT2D eigenvalue weighted by molar-refractivity contribution is 0.414. The van der Waals surface area contributed by atoms with Crippen LogP contribution in [-0.2, 0) is 16.6 Å². The Kier molecular flexibility index (Phi) is 8.24. The zero-order valence-corrected chi connectivity index (χ0v) is 23.7. The fourth-order valence-electron chi connectivity index (χ4n) is 4.53. The van der Waals surface area contributed by atoms with Crippen LogP contribution in [0.4, 0.5) is 17.1 Å². The van der Waals surface area contributed by atoms with Gasteiger partial charge < -0.3 is 14.4 Å². The van der Waals surface area contributed by atoms with Gasteiger partial charge in [-0.05, 0) is 98.8 Å². The van der Waals surface area contributed by atoms with Gasteiger partial charge in [0.15, 0.2) is 9.79 Å². The summed E-state index contributed by atoms with van der Waals surface area (Å²) in [5.41, 5.74) is 7.23. The topological polar surface area (TPSA) is 21.7 Å². The molecule has 0 bridgehead atoms. The average molecular weight is 533 g/mol. The number of rotatable bonds is 9. The highest BCUT2D eigenvalue weighted by molar-refractivity contribution is 7.96. The molecule has 5 aromatic carbocycles. The third-order valence-electron chi connectivity index (χ3n) is 6.78. The first-order valence-corrected chi connectivity index (χ1v) is 14.4. The van der Waals surface area contributed by atoms with Gasteiger partial charge in [0.1, 0.15) is 17.3 Å². The predicted octanol–water partition coefficient (Wildman–Crippen LogP) is 9.03. The zero-order chi connectivity index (χ0) is 27.2. The molecular weight excluding hydrogens is 498 g/mol. The van der Waals surface area contributed by atoms with E-state index in [1.165, 1.54) is 26.5 Å². The molecule has 0 heterocycles. The molecule has 39 heavy (non-hydrogen) atoms. The van der Waals surface area contributed by atoms with Gasteiger partial charge in [0.05, 0.1) is 25.1 Å². The van der Waals surface area contributed by atoms with Gasteiger partial charge in [0.25, 0.3) is 0 Å². The summed E-state index contributed by atoms with van der Waals surface area (Å²) in [6, 6.07) is 43.3. The van der Waals surface area contributed by atoms with Gasteiger partial charge >= 0.3 is 0 Å². The summed E-state index contributed by atoms with van der Waals surface area (Å²) < 4.78 is 10.8. The number of aryl methyl sites for hydroxylation is 2. The first kappa shape index (κ1) is 26.5. The zero-order valence-electron chi connectivity index (χ0n) is 22.9. The van der Waals surface area contributed by atoms with Gasteiger partial charge in [-0.25, -0.2) is 0 Å². The van der Waals surface area contributed by atoms with Crippen molar-refractivity contribution in [3.05, 3.63) is 138 Å². The highest BCUT2D eigenvalue weighted by Gasteiger charge is 2.26. The second kappa shape index (κ2) is 12.1. The maximum absolute atomic E-state index is 5.41. The second-order valence-electron chi connectivity index (χ2n) is 9.56. The fraction of sp³-hybridized carbons (Fsp3) is 0.143. The molecular formula is C35H34NO2S+. The molecule has 196 valence electrons. The second-order valence-corrected chi connectivity index (χ2v) is 11.6. The summed E-state index contributed by atoms with van der Waals surface area (Å²) in [6.07, 6.45) is 0. The number of hydrogen-bond acceptors (Lipinski definition) is 3. The molecule has 0 unspecified atom stereocenters. The van der Waals surface area contributed by atoms with Crippen molar-refractivity contribution in [1.82, 2.24) is 0 Å². The van der Waals surface area contributed by atoms with E-state index in [4.69, 9.17) is 9.47 Å². The van der Waals surface area contributed by atoms with Crippen molar-refractivity contribution in [1.29, 1.82) is 0 Å². The van der Waals surface area contributed by atoms with Crippen LogP contribution < -0.4 is 14.4 Å². The van der Waals surface area contributed by atoms with E-state index in [-0.39, 0.29) is 10.9 Å². The summed E-state index contributed by atoms with van der Waals surface area (Å²) in [6.45, 7) is 4.25. The molecule has 0 aliphatic carbocycles. The molecule has 3 nitrogen and oxygen atoms in total. The Balaban J connectivity index is 1.47. The lowest BCUT2D eigenvalue weighted by atomic mass is 10.1. The highest BCUT2D eigenvalue weighted by Crippen LogP contribution is 2.36. The Bertz CT molecular complexity index is 1380. The number of hydrogen-bond donors (Lipinski definition) is 0. The molecule has 5 rings (SSSR count). The van der Waals surface area contributed by atoms with Gasteiger partial charge in [0, 0.05) is 22.6 Å². The average Bonchev–Trinajstić information content (AvgIpc) is 2.99. The molecule has 0 aliphatic rings. The summed E-state index contributed by atoms with van der Waals surface area (Å²) in [5, 5.41) is 0. The quantitative estimate of drug-likeness (QED) is 0.177. The van der Waals surface area contributed by atoms with Gasteiger partial charge in [-0.15, -0.1) is 0 Å². The van der Waals surface area contributed by atoms with Crippen LogP contribution in [0.3, 0.4) is 0 Å². The number of ether oxygens (including phenoxy) is 2. The van der Waals surface area contributed by atoms with Gasteiger partial charge in [-0.3, -0.25) is 0 Å². The van der Waals surface area contributed by atoms with E-state index < -0.39 is 0 Å². The molecule has 0 saturated carbocycles. The maximum Gasteiger partial charge on any atom is 0.161 e. The first-order chi connectivity index (χ1) is 19.0. The van der Waals surface area contributed by atoms with E-state index in [0.717, 1.165) is 34.3 Å². The molecule has 0 aliphatic heterocycles. The van der Waals surface area contributed by atoms with Crippen molar-refractivity contribution < 1.29 is 9.47 Å². The van der Waals surface area contributed by atoms with Gasteiger partial charge in [-0.1, -0.05) is 47.5 Å². The molecule has 0 aromatic heterocycles. The predicted molar refractivity (Wildman–Crippen MR) is 164 cm³/mol. The lowest BCUT2D eigenvalue weighted by Gasteiger charge is -2.26. The van der Waals surface area contributed by atoms with E-state index in [1.54, 1.807) is 14.2 Å². The Morgan fingerprint density at radius 1 is 0.487 bits per heavy atom. The van der Waals surface area contributed by atoms with E-state index in [2.05, 4.69) is 116 Å². The summed E-state index contributed by atoms with van der Waals surface area (Å²) in [4.78, 5) is 4.88. The number of benzene rings is 5. The fourth-order valence-corrected chi connectivity index (χ4v) is 6.59. The van der Waals surface area contributed by atoms with Crippen molar-refractivity contribution >= 4 is 28.0 Å². The van der Waals surface area contributed by atoms with Gasteiger partial charge in [0.2, 0.25) is 0 Å². The molecule has 0 amide bonds.